The van der Waals surface area contributed by atoms with Crippen molar-refractivity contribution in [3.05, 3.63) is 28.8 Å². The molecule has 0 saturated carbocycles. The summed E-state index contributed by atoms with van der Waals surface area (Å²) < 4.78 is 22.3. The first-order valence-electron chi connectivity index (χ1n) is 4.48. The van der Waals surface area contributed by atoms with E-state index in [1.165, 1.54) is 7.11 Å². The molecule has 0 radical (unpaired) electrons. The van der Waals surface area contributed by atoms with Gasteiger partial charge in [0.05, 0.1) is 11.9 Å². The molecular formula is C10H13O3P. The van der Waals surface area contributed by atoms with Crippen molar-refractivity contribution in [2.75, 3.05) is 7.11 Å². The standard InChI is InChI=1S/C10H13O3P/c1-7-4-8(2)10-9(5-7)6-13-14(10,11)12-3/h4-5H,6H2,1-3H3. The van der Waals surface area contributed by atoms with Crippen LogP contribution in [0.1, 0.15) is 16.7 Å². The van der Waals surface area contributed by atoms with E-state index in [4.69, 9.17) is 9.05 Å². The summed E-state index contributed by atoms with van der Waals surface area (Å²) in [6.07, 6.45) is 0. The molecule has 1 atom stereocenters. The van der Waals surface area contributed by atoms with Crippen molar-refractivity contribution in [2.45, 2.75) is 20.5 Å². The molecule has 0 saturated heterocycles. The summed E-state index contributed by atoms with van der Waals surface area (Å²) in [7, 11) is -1.57. The Morgan fingerprint density at radius 3 is 2.79 bits per heavy atom. The lowest BCUT2D eigenvalue weighted by molar-refractivity contribution is 0.247. The number of fused-ring (bicyclic) bond motifs is 1. The number of hydrogen-bond acceptors (Lipinski definition) is 3. The van der Waals surface area contributed by atoms with Crippen LogP contribution in [0.3, 0.4) is 0 Å². The highest BCUT2D eigenvalue weighted by atomic mass is 31.2. The predicted molar refractivity (Wildman–Crippen MR) is 55.0 cm³/mol. The first-order valence-corrected chi connectivity index (χ1v) is 6.02. The number of rotatable bonds is 1. The first kappa shape index (κ1) is 9.91. The van der Waals surface area contributed by atoms with Gasteiger partial charge in [-0.2, -0.15) is 0 Å². The highest BCUT2D eigenvalue weighted by Crippen LogP contribution is 2.52. The third kappa shape index (κ3) is 1.33. The topological polar surface area (TPSA) is 35.5 Å². The van der Waals surface area contributed by atoms with E-state index in [1.807, 2.05) is 26.0 Å². The van der Waals surface area contributed by atoms with Crippen LogP contribution >= 0.6 is 7.60 Å². The van der Waals surface area contributed by atoms with E-state index < -0.39 is 7.60 Å². The van der Waals surface area contributed by atoms with Gasteiger partial charge in [-0.05, 0) is 25.0 Å². The largest absolute Gasteiger partial charge is 0.362 e. The van der Waals surface area contributed by atoms with E-state index in [1.54, 1.807) is 0 Å². The van der Waals surface area contributed by atoms with Crippen LogP contribution in [0.25, 0.3) is 0 Å². The number of hydrogen-bond donors (Lipinski definition) is 0. The zero-order valence-corrected chi connectivity index (χ0v) is 9.43. The Kier molecular flexibility index (Phi) is 2.26. The molecule has 0 amide bonds. The summed E-state index contributed by atoms with van der Waals surface area (Å²) in [6.45, 7) is 4.35. The molecule has 1 aliphatic heterocycles. The summed E-state index contributed by atoms with van der Waals surface area (Å²) in [6, 6.07) is 4.00. The molecule has 0 aliphatic carbocycles. The van der Waals surface area contributed by atoms with E-state index in [9.17, 15) is 4.57 Å². The van der Waals surface area contributed by atoms with Gasteiger partial charge < -0.3 is 9.05 Å². The number of benzene rings is 1. The van der Waals surface area contributed by atoms with Gasteiger partial charge in [0.25, 0.3) is 0 Å². The van der Waals surface area contributed by atoms with E-state index in [2.05, 4.69) is 0 Å². The van der Waals surface area contributed by atoms with Crippen LogP contribution in [0.5, 0.6) is 0 Å². The molecule has 3 nitrogen and oxygen atoms in total. The number of aryl methyl sites for hydroxylation is 2. The molecule has 0 spiro atoms. The molecule has 76 valence electrons. The third-order valence-electron chi connectivity index (χ3n) is 2.43. The summed E-state index contributed by atoms with van der Waals surface area (Å²) in [5.41, 5.74) is 3.14. The Hall–Kier alpha value is -0.630. The molecule has 4 heteroatoms. The van der Waals surface area contributed by atoms with Crippen molar-refractivity contribution in [1.82, 2.24) is 0 Å². The van der Waals surface area contributed by atoms with E-state index in [0.29, 0.717) is 6.61 Å². The lowest BCUT2D eigenvalue weighted by atomic mass is 10.1. The third-order valence-corrected chi connectivity index (χ3v) is 4.57. The smallest absolute Gasteiger partial charge is 0.309 e. The molecule has 1 unspecified atom stereocenters. The average Bonchev–Trinajstić information content (AvgIpc) is 2.44. The first-order chi connectivity index (χ1) is 6.57. The van der Waals surface area contributed by atoms with Crippen molar-refractivity contribution in [2.24, 2.45) is 0 Å². The highest BCUT2D eigenvalue weighted by molar-refractivity contribution is 7.62. The Bertz CT molecular complexity index is 426. The van der Waals surface area contributed by atoms with Crippen molar-refractivity contribution in [3.8, 4) is 0 Å². The lowest BCUT2D eigenvalue weighted by Crippen LogP contribution is -2.09. The van der Waals surface area contributed by atoms with Gasteiger partial charge in [-0.3, -0.25) is 4.57 Å². The van der Waals surface area contributed by atoms with Crippen molar-refractivity contribution in [1.29, 1.82) is 0 Å². The van der Waals surface area contributed by atoms with E-state index >= 15 is 0 Å². The van der Waals surface area contributed by atoms with Gasteiger partial charge in [0.1, 0.15) is 0 Å². The molecule has 1 heterocycles. The summed E-state index contributed by atoms with van der Waals surface area (Å²) in [5, 5.41) is 0.755. The Morgan fingerprint density at radius 1 is 1.43 bits per heavy atom. The Balaban J connectivity index is 2.66. The normalized spacial score (nSPS) is 25.1. The summed E-state index contributed by atoms with van der Waals surface area (Å²) in [4.78, 5) is 0. The highest BCUT2D eigenvalue weighted by Gasteiger charge is 2.36. The molecule has 14 heavy (non-hydrogen) atoms. The minimum absolute atomic E-state index is 0.392. The molecule has 0 N–H and O–H groups in total. The molecule has 1 aliphatic rings. The fourth-order valence-corrected chi connectivity index (χ4v) is 3.62. The average molecular weight is 212 g/mol. The van der Waals surface area contributed by atoms with Crippen LogP contribution in [0.2, 0.25) is 0 Å². The van der Waals surface area contributed by atoms with Crippen LogP contribution in [0.15, 0.2) is 12.1 Å². The maximum Gasteiger partial charge on any atom is 0.362 e. The van der Waals surface area contributed by atoms with Gasteiger partial charge >= 0.3 is 7.60 Å². The fourth-order valence-electron chi connectivity index (χ4n) is 1.91. The Labute approximate surface area is 83.6 Å². The van der Waals surface area contributed by atoms with Crippen LogP contribution in [-0.2, 0) is 20.2 Å². The van der Waals surface area contributed by atoms with Gasteiger partial charge in [0, 0.05) is 7.11 Å². The quantitative estimate of drug-likeness (QED) is 0.670. The van der Waals surface area contributed by atoms with Gasteiger partial charge in [-0.25, -0.2) is 0 Å². The van der Waals surface area contributed by atoms with Crippen molar-refractivity contribution < 1.29 is 13.6 Å². The van der Waals surface area contributed by atoms with E-state index in [0.717, 1.165) is 22.0 Å². The van der Waals surface area contributed by atoms with Crippen molar-refractivity contribution >= 4 is 12.9 Å². The van der Waals surface area contributed by atoms with Crippen LogP contribution in [0, 0.1) is 13.8 Å². The van der Waals surface area contributed by atoms with E-state index in [-0.39, 0.29) is 0 Å². The molecule has 0 bridgehead atoms. The molecular weight excluding hydrogens is 199 g/mol. The zero-order chi connectivity index (χ0) is 10.3. The van der Waals surface area contributed by atoms with Crippen LogP contribution in [-0.4, -0.2) is 7.11 Å². The molecule has 0 aromatic heterocycles. The minimum atomic E-state index is -3.00. The van der Waals surface area contributed by atoms with Crippen LogP contribution < -0.4 is 5.30 Å². The zero-order valence-electron chi connectivity index (χ0n) is 8.53. The van der Waals surface area contributed by atoms with Gasteiger partial charge in [0.2, 0.25) is 0 Å². The second-order valence-electron chi connectivity index (χ2n) is 3.54. The Morgan fingerprint density at radius 2 is 2.14 bits per heavy atom. The molecule has 1 aromatic rings. The fraction of sp³-hybridized carbons (Fsp3) is 0.400. The lowest BCUT2D eigenvalue weighted by Gasteiger charge is -2.11. The second kappa shape index (κ2) is 3.20. The van der Waals surface area contributed by atoms with Crippen molar-refractivity contribution in [3.63, 3.8) is 0 Å². The monoisotopic (exact) mass is 212 g/mol. The molecule has 2 rings (SSSR count). The van der Waals surface area contributed by atoms with Crippen LogP contribution in [0.4, 0.5) is 0 Å². The maximum atomic E-state index is 12.1. The molecule has 0 fully saturated rings. The predicted octanol–water partition coefficient (Wildman–Crippen LogP) is 2.30. The summed E-state index contributed by atoms with van der Waals surface area (Å²) in [5.74, 6) is 0. The second-order valence-corrected chi connectivity index (χ2v) is 5.61. The van der Waals surface area contributed by atoms with Gasteiger partial charge in [-0.15, -0.1) is 0 Å². The van der Waals surface area contributed by atoms with Gasteiger partial charge in [-0.1, -0.05) is 17.7 Å². The summed E-state index contributed by atoms with van der Waals surface area (Å²) >= 11 is 0. The SMILES string of the molecule is COP1(=O)OCc2cc(C)cc(C)c21. The molecule has 1 aromatic carbocycles. The minimum Gasteiger partial charge on any atom is -0.309 e. The maximum absolute atomic E-state index is 12.1. The van der Waals surface area contributed by atoms with Gasteiger partial charge in [0.15, 0.2) is 0 Å².